The van der Waals surface area contributed by atoms with Gasteiger partial charge in [0.2, 0.25) is 0 Å². The summed E-state index contributed by atoms with van der Waals surface area (Å²) in [5, 5.41) is 13.2. The predicted molar refractivity (Wildman–Crippen MR) is 93.1 cm³/mol. The van der Waals surface area contributed by atoms with Crippen LogP contribution >= 0.6 is 11.3 Å². The van der Waals surface area contributed by atoms with Crippen molar-refractivity contribution in [1.82, 2.24) is 4.98 Å². The number of amides is 1. The first-order valence-corrected chi connectivity index (χ1v) is 7.99. The largest absolute Gasteiger partial charge is 0.508 e. The average molecular weight is 324 g/mol. The first-order chi connectivity index (χ1) is 11.0. The number of aryl methyl sites for hydroxylation is 2. The first-order valence-electron chi connectivity index (χ1n) is 7.18. The van der Waals surface area contributed by atoms with E-state index in [-0.39, 0.29) is 11.7 Å². The lowest BCUT2D eigenvalue weighted by atomic mass is 10.1. The van der Waals surface area contributed by atoms with Crippen LogP contribution in [0.5, 0.6) is 5.75 Å². The second-order valence-electron chi connectivity index (χ2n) is 5.22. The minimum Gasteiger partial charge on any atom is -0.508 e. The Bertz CT molecular complexity index is 854. The molecule has 0 fully saturated rings. The number of nitrogens with one attached hydrogen (secondary N) is 1. The van der Waals surface area contributed by atoms with Crippen LogP contribution in [0.2, 0.25) is 0 Å². The van der Waals surface area contributed by atoms with Crippen LogP contribution < -0.4 is 5.32 Å². The number of hydrogen-bond donors (Lipinski definition) is 2. The summed E-state index contributed by atoms with van der Waals surface area (Å²) in [6, 6.07) is 13.8. The molecule has 116 valence electrons. The van der Waals surface area contributed by atoms with Crippen LogP contribution in [0.4, 0.5) is 5.69 Å². The number of rotatable bonds is 3. The summed E-state index contributed by atoms with van der Waals surface area (Å²) < 4.78 is 0. The highest BCUT2D eigenvalue weighted by Gasteiger charge is 2.10. The molecule has 0 unspecified atom stereocenters. The fourth-order valence-electron chi connectivity index (χ4n) is 2.36. The van der Waals surface area contributed by atoms with Gasteiger partial charge in [0.05, 0.1) is 10.7 Å². The lowest BCUT2D eigenvalue weighted by Gasteiger charge is -2.06. The summed E-state index contributed by atoms with van der Waals surface area (Å²) in [5.41, 5.74) is 3.08. The maximum atomic E-state index is 12.2. The van der Waals surface area contributed by atoms with E-state index in [1.54, 1.807) is 41.7 Å². The lowest BCUT2D eigenvalue weighted by molar-refractivity contribution is 0.102. The van der Waals surface area contributed by atoms with Crippen molar-refractivity contribution in [3.8, 4) is 17.0 Å². The smallest absolute Gasteiger partial charge is 0.255 e. The molecule has 0 aliphatic heterocycles. The van der Waals surface area contributed by atoms with Crippen LogP contribution in [-0.4, -0.2) is 16.0 Å². The summed E-state index contributed by atoms with van der Waals surface area (Å²) in [6.45, 7) is 4.03. The topological polar surface area (TPSA) is 62.2 Å². The van der Waals surface area contributed by atoms with E-state index in [1.165, 1.54) is 10.9 Å². The minimum absolute atomic E-state index is 0.118. The standard InChI is InChI=1S/C18H16N2O2S/c1-11-17(19-12(2)23-11)13-6-8-14(9-7-13)18(22)20-15-4-3-5-16(21)10-15/h3-10,21H,1-2H3,(H,20,22). The Morgan fingerprint density at radius 3 is 2.48 bits per heavy atom. The number of thiazole rings is 1. The minimum atomic E-state index is -0.215. The third kappa shape index (κ3) is 3.40. The molecule has 3 rings (SSSR count). The Morgan fingerprint density at radius 1 is 1.13 bits per heavy atom. The number of phenolic OH excluding ortho intramolecular Hbond substituents is 1. The van der Waals surface area contributed by atoms with Gasteiger partial charge in [-0.05, 0) is 38.1 Å². The monoisotopic (exact) mass is 324 g/mol. The summed E-state index contributed by atoms with van der Waals surface area (Å²) in [6.07, 6.45) is 0. The van der Waals surface area contributed by atoms with Gasteiger partial charge in [-0.3, -0.25) is 4.79 Å². The average Bonchev–Trinajstić information content (AvgIpc) is 2.86. The second-order valence-corrected chi connectivity index (χ2v) is 6.63. The quantitative estimate of drug-likeness (QED) is 0.751. The van der Waals surface area contributed by atoms with Crippen molar-refractivity contribution in [2.45, 2.75) is 13.8 Å². The molecule has 0 atom stereocenters. The Labute approximate surface area is 138 Å². The van der Waals surface area contributed by atoms with Gasteiger partial charge < -0.3 is 10.4 Å². The Morgan fingerprint density at radius 2 is 1.87 bits per heavy atom. The van der Waals surface area contributed by atoms with Gasteiger partial charge in [0.25, 0.3) is 5.91 Å². The van der Waals surface area contributed by atoms with Crippen LogP contribution in [-0.2, 0) is 0 Å². The van der Waals surface area contributed by atoms with E-state index in [1.807, 2.05) is 26.0 Å². The number of hydrogen-bond acceptors (Lipinski definition) is 4. The zero-order valence-corrected chi connectivity index (χ0v) is 13.6. The summed E-state index contributed by atoms with van der Waals surface area (Å²) in [4.78, 5) is 17.9. The molecular weight excluding hydrogens is 308 g/mol. The molecule has 3 aromatic rings. The highest BCUT2D eigenvalue weighted by atomic mass is 32.1. The molecule has 4 nitrogen and oxygen atoms in total. The molecule has 0 spiro atoms. The van der Waals surface area contributed by atoms with E-state index < -0.39 is 0 Å². The van der Waals surface area contributed by atoms with Gasteiger partial charge in [0.1, 0.15) is 5.75 Å². The molecule has 1 aromatic heterocycles. The van der Waals surface area contributed by atoms with Crippen LogP contribution in [0.3, 0.4) is 0 Å². The van der Waals surface area contributed by atoms with Crippen LogP contribution in [0.1, 0.15) is 20.2 Å². The SMILES string of the molecule is Cc1nc(-c2ccc(C(=O)Nc3cccc(O)c3)cc2)c(C)s1. The number of benzene rings is 2. The molecular formula is C18H16N2O2S. The van der Waals surface area contributed by atoms with Crippen LogP contribution in [0.25, 0.3) is 11.3 Å². The molecule has 0 radical (unpaired) electrons. The molecule has 5 heteroatoms. The van der Waals surface area contributed by atoms with Gasteiger partial charge in [-0.15, -0.1) is 11.3 Å². The molecule has 1 heterocycles. The Balaban J connectivity index is 1.79. The van der Waals surface area contributed by atoms with Gasteiger partial charge in [-0.25, -0.2) is 4.98 Å². The van der Waals surface area contributed by atoms with Gasteiger partial charge in [-0.1, -0.05) is 18.2 Å². The maximum Gasteiger partial charge on any atom is 0.255 e. The van der Waals surface area contributed by atoms with E-state index in [0.717, 1.165) is 16.3 Å². The van der Waals surface area contributed by atoms with E-state index in [4.69, 9.17) is 0 Å². The predicted octanol–water partition coefficient (Wildman–Crippen LogP) is 4.38. The third-order valence-corrected chi connectivity index (χ3v) is 4.31. The molecule has 23 heavy (non-hydrogen) atoms. The van der Waals surface area contributed by atoms with E-state index in [0.29, 0.717) is 11.3 Å². The summed E-state index contributed by atoms with van der Waals surface area (Å²) >= 11 is 1.66. The number of nitrogens with zero attached hydrogens (tertiary/aromatic N) is 1. The molecule has 0 bridgehead atoms. The fourth-order valence-corrected chi connectivity index (χ4v) is 3.20. The van der Waals surface area contributed by atoms with Gasteiger partial charge >= 0.3 is 0 Å². The van der Waals surface area contributed by atoms with Crippen molar-refractivity contribution >= 4 is 22.9 Å². The lowest BCUT2D eigenvalue weighted by Crippen LogP contribution is -2.11. The van der Waals surface area contributed by atoms with Crippen molar-refractivity contribution in [3.63, 3.8) is 0 Å². The zero-order valence-electron chi connectivity index (χ0n) is 12.8. The molecule has 0 aliphatic rings. The number of aromatic hydroxyl groups is 1. The van der Waals surface area contributed by atoms with Crippen LogP contribution in [0.15, 0.2) is 48.5 Å². The summed E-state index contributed by atoms with van der Waals surface area (Å²) in [5.74, 6) is -0.0964. The van der Waals surface area contributed by atoms with E-state index in [9.17, 15) is 9.90 Å². The maximum absolute atomic E-state index is 12.2. The molecule has 1 amide bonds. The van der Waals surface area contributed by atoms with Crippen molar-refractivity contribution in [2.75, 3.05) is 5.32 Å². The van der Waals surface area contributed by atoms with E-state index in [2.05, 4.69) is 10.3 Å². The molecule has 0 saturated carbocycles. The highest BCUT2D eigenvalue weighted by molar-refractivity contribution is 7.11. The number of anilines is 1. The third-order valence-electron chi connectivity index (χ3n) is 3.43. The van der Waals surface area contributed by atoms with Crippen LogP contribution in [0, 0.1) is 13.8 Å². The number of carbonyl (C=O) groups excluding carboxylic acids is 1. The highest BCUT2D eigenvalue weighted by Crippen LogP contribution is 2.27. The molecule has 2 N–H and O–H groups in total. The normalized spacial score (nSPS) is 10.5. The fraction of sp³-hybridized carbons (Fsp3) is 0.111. The number of aromatic nitrogens is 1. The Hall–Kier alpha value is -2.66. The van der Waals surface area contributed by atoms with Gasteiger partial charge in [0.15, 0.2) is 0 Å². The van der Waals surface area contributed by atoms with Gasteiger partial charge in [0, 0.05) is 27.8 Å². The molecule has 2 aromatic carbocycles. The van der Waals surface area contributed by atoms with Crippen molar-refractivity contribution in [3.05, 3.63) is 64.0 Å². The Kier molecular flexibility index (Phi) is 4.12. The van der Waals surface area contributed by atoms with Gasteiger partial charge in [-0.2, -0.15) is 0 Å². The zero-order chi connectivity index (χ0) is 16.4. The molecule has 0 aliphatic carbocycles. The van der Waals surface area contributed by atoms with Crippen molar-refractivity contribution in [1.29, 1.82) is 0 Å². The molecule has 0 saturated heterocycles. The van der Waals surface area contributed by atoms with E-state index >= 15 is 0 Å². The van der Waals surface area contributed by atoms with Crippen molar-refractivity contribution < 1.29 is 9.90 Å². The first kappa shape index (κ1) is 15.2. The number of phenols is 1. The van der Waals surface area contributed by atoms with Crippen molar-refractivity contribution in [2.24, 2.45) is 0 Å². The summed E-state index contributed by atoms with van der Waals surface area (Å²) in [7, 11) is 0. The second kappa shape index (κ2) is 6.22. The number of carbonyl (C=O) groups is 1.